The summed E-state index contributed by atoms with van der Waals surface area (Å²) >= 11 is 0. The van der Waals surface area contributed by atoms with Crippen molar-refractivity contribution in [1.29, 1.82) is 0 Å². The summed E-state index contributed by atoms with van der Waals surface area (Å²) in [5.74, 6) is 1.05. The van der Waals surface area contributed by atoms with Gasteiger partial charge in [-0.15, -0.1) is 0 Å². The van der Waals surface area contributed by atoms with Crippen molar-refractivity contribution in [3.8, 4) is 11.4 Å². The molecule has 1 aromatic heterocycles. The molecule has 1 atom stereocenters. The van der Waals surface area contributed by atoms with E-state index >= 15 is 0 Å². The zero-order chi connectivity index (χ0) is 20.2. The first-order chi connectivity index (χ1) is 14.1. The predicted octanol–water partition coefficient (Wildman–Crippen LogP) is 5.37. The highest BCUT2D eigenvalue weighted by molar-refractivity contribution is 5.89. The van der Waals surface area contributed by atoms with Gasteiger partial charge in [-0.1, -0.05) is 54.0 Å². The highest BCUT2D eigenvalue weighted by Crippen LogP contribution is 2.31. The van der Waals surface area contributed by atoms with Crippen LogP contribution in [0.15, 0.2) is 53.1 Å². The van der Waals surface area contributed by atoms with Crippen LogP contribution in [0.25, 0.3) is 11.4 Å². The minimum atomic E-state index is -0.204. The number of rotatable bonds is 4. The second-order valence-corrected chi connectivity index (χ2v) is 7.51. The van der Waals surface area contributed by atoms with Gasteiger partial charge in [0, 0.05) is 17.8 Å². The number of carbonyl (C=O) groups excluding carboxylic acids is 1. The van der Waals surface area contributed by atoms with Gasteiger partial charge in [-0.25, -0.2) is 4.79 Å². The van der Waals surface area contributed by atoms with Gasteiger partial charge in [0.25, 0.3) is 0 Å². The largest absolute Gasteiger partial charge is 0.337 e. The zero-order valence-corrected chi connectivity index (χ0v) is 16.9. The zero-order valence-electron chi connectivity index (χ0n) is 16.9. The normalized spacial score (nSPS) is 16.6. The van der Waals surface area contributed by atoms with Gasteiger partial charge in [0.15, 0.2) is 0 Å². The van der Waals surface area contributed by atoms with E-state index in [9.17, 15) is 4.79 Å². The van der Waals surface area contributed by atoms with Gasteiger partial charge < -0.3 is 14.7 Å². The Bertz CT molecular complexity index is 981. The molecule has 0 saturated carbocycles. The average Bonchev–Trinajstić information content (AvgIpc) is 3.24. The number of piperidine rings is 1. The number of likely N-dealkylation sites (tertiary alicyclic amines) is 1. The van der Waals surface area contributed by atoms with Gasteiger partial charge in [0.05, 0.1) is 0 Å². The summed E-state index contributed by atoms with van der Waals surface area (Å²) in [5, 5.41) is 7.18. The minimum absolute atomic E-state index is 0.127. The van der Waals surface area contributed by atoms with E-state index in [1.54, 1.807) is 0 Å². The quantitative estimate of drug-likeness (QED) is 0.650. The molecule has 150 valence electrons. The molecule has 0 aliphatic carbocycles. The molecule has 2 amide bonds. The lowest BCUT2D eigenvalue weighted by Crippen LogP contribution is -2.41. The van der Waals surface area contributed by atoms with Crippen LogP contribution in [0.1, 0.15) is 49.2 Å². The van der Waals surface area contributed by atoms with E-state index in [0.29, 0.717) is 18.3 Å². The molecule has 0 spiro atoms. The maximum absolute atomic E-state index is 13.0. The van der Waals surface area contributed by atoms with Crippen LogP contribution in [-0.2, 0) is 6.42 Å². The fourth-order valence-electron chi connectivity index (χ4n) is 3.69. The van der Waals surface area contributed by atoms with Crippen LogP contribution in [0.3, 0.4) is 0 Å². The van der Waals surface area contributed by atoms with E-state index in [-0.39, 0.29) is 12.1 Å². The number of carbonyl (C=O) groups is 1. The summed E-state index contributed by atoms with van der Waals surface area (Å²) in [6.45, 7) is 4.81. The second-order valence-electron chi connectivity index (χ2n) is 7.51. The van der Waals surface area contributed by atoms with Crippen LogP contribution in [0, 0.1) is 6.92 Å². The number of amides is 2. The first-order valence-electron chi connectivity index (χ1n) is 10.2. The standard InChI is InChI=1S/C23H26N4O2/c1-3-17-7-6-8-19(15-17)24-23(28)27-14-5-4-9-20(27)22-25-21(26-29-22)18-12-10-16(2)11-13-18/h6-8,10-13,15,20H,3-5,9,14H2,1-2H3,(H,24,28)/t20-/m1/s1. The first kappa shape index (κ1) is 19.2. The van der Waals surface area contributed by atoms with Crippen molar-refractivity contribution in [3.63, 3.8) is 0 Å². The van der Waals surface area contributed by atoms with Crippen LogP contribution in [0.5, 0.6) is 0 Å². The second kappa shape index (κ2) is 8.47. The number of aryl methyl sites for hydroxylation is 2. The number of aromatic nitrogens is 2. The van der Waals surface area contributed by atoms with E-state index in [0.717, 1.165) is 36.9 Å². The summed E-state index contributed by atoms with van der Waals surface area (Å²) in [6.07, 6.45) is 3.75. The molecule has 2 aromatic carbocycles. The Morgan fingerprint density at radius 1 is 1.21 bits per heavy atom. The number of urea groups is 1. The van der Waals surface area contributed by atoms with Crippen molar-refractivity contribution in [2.75, 3.05) is 11.9 Å². The number of nitrogens with zero attached hydrogens (tertiary/aromatic N) is 3. The minimum Gasteiger partial charge on any atom is -0.337 e. The maximum atomic E-state index is 13.0. The van der Waals surface area contributed by atoms with Crippen LogP contribution < -0.4 is 5.32 Å². The Morgan fingerprint density at radius 3 is 2.83 bits per heavy atom. The lowest BCUT2D eigenvalue weighted by atomic mass is 10.0. The average molecular weight is 390 g/mol. The van der Waals surface area contributed by atoms with Crippen LogP contribution in [0.2, 0.25) is 0 Å². The predicted molar refractivity (Wildman–Crippen MR) is 113 cm³/mol. The molecule has 1 aliphatic heterocycles. The third-order valence-electron chi connectivity index (χ3n) is 5.39. The molecule has 3 aromatic rings. The van der Waals surface area contributed by atoms with Gasteiger partial charge >= 0.3 is 6.03 Å². The molecule has 2 heterocycles. The summed E-state index contributed by atoms with van der Waals surface area (Å²) < 4.78 is 5.57. The molecule has 1 N–H and O–H groups in total. The molecular weight excluding hydrogens is 364 g/mol. The van der Waals surface area contributed by atoms with Crippen molar-refractivity contribution in [3.05, 3.63) is 65.5 Å². The van der Waals surface area contributed by atoms with Crippen LogP contribution in [-0.4, -0.2) is 27.6 Å². The summed E-state index contributed by atoms with van der Waals surface area (Å²) in [7, 11) is 0. The maximum Gasteiger partial charge on any atom is 0.322 e. The van der Waals surface area contributed by atoms with Gasteiger partial charge in [-0.3, -0.25) is 0 Å². The van der Waals surface area contributed by atoms with Gasteiger partial charge in [0.1, 0.15) is 6.04 Å². The molecule has 29 heavy (non-hydrogen) atoms. The fourth-order valence-corrected chi connectivity index (χ4v) is 3.69. The third kappa shape index (κ3) is 4.31. The van der Waals surface area contributed by atoms with Crippen molar-refractivity contribution < 1.29 is 9.32 Å². The van der Waals surface area contributed by atoms with Crippen LogP contribution in [0.4, 0.5) is 10.5 Å². The Morgan fingerprint density at radius 2 is 2.03 bits per heavy atom. The topological polar surface area (TPSA) is 71.3 Å². The van der Waals surface area contributed by atoms with Gasteiger partial charge in [-0.2, -0.15) is 4.98 Å². The molecule has 1 saturated heterocycles. The van der Waals surface area contributed by atoms with Crippen molar-refractivity contribution in [2.45, 2.75) is 45.6 Å². The SMILES string of the molecule is CCc1cccc(NC(=O)N2CCCC[C@@H]2c2nc(-c3ccc(C)cc3)no2)c1. The Kier molecular flexibility index (Phi) is 5.60. The molecule has 0 bridgehead atoms. The molecule has 4 rings (SSSR count). The highest BCUT2D eigenvalue weighted by Gasteiger charge is 2.32. The Balaban J connectivity index is 1.53. The smallest absolute Gasteiger partial charge is 0.322 e. The molecule has 6 nitrogen and oxygen atoms in total. The molecule has 1 fully saturated rings. The number of anilines is 1. The molecule has 0 radical (unpaired) electrons. The van der Waals surface area contributed by atoms with Crippen molar-refractivity contribution >= 4 is 11.7 Å². The lowest BCUT2D eigenvalue weighted by Gasteiger charge is -2.33. The van der Waals surface area contributed by atoms with E-state index in [1.165, 1.54) is 11.1 Å². The van der Waals surface area contributed by atoms with Crippen molar-refractivity contribution in [2.24, 2.45) is 0 Å². The number of hydrogen-bond donors (Lipinski definition) is 1. The van der Waals surface area contributed by atoms with Gasteiger partial charge in [-0.05, 0) is 50.3 Å². The molecular formula is C23H26N4O2. The number of hydrogen-bond acceptors (Lipinski definition) is 4. The monoisotopic (exact) mass is 390 g/mol. The fraction of sp³-hybridized carbons (Fsp3) is 0.348. The highest BCUT2D eigenvalue weighted by atomic mass is 16.5. The van der Waals surface area contributed by atoms with Crippen molar-refractivity contribution in [1.82, 2.24) is 15.0 Å². The number of benzene rings is 2. The third-order valence-corrected chi connectivity index (χ3v) is 5.39. The van der Waals surface area contributed by atoms with E-state index in [4.69, 9.17) is 4.52 Å². The van der Waals surface area contributed by atoms with Crippen LogP contribution >= 0.6 is 0 Å². The summed E-state index contributed by atoms with van der Waals surface area (Å²) in [5.41, 5.74) is 4.09. The summed E-state index contributed by atoms with van der Waals surface area (Å²) in [4.78, 5) is 19.4. The van der Waals surface area contributed by atoms with Gasteiger partial charge in [0.2, 0.25) is 11.7 Å². The first-order valence-corrected chi connectivity index (χ1v) is 10.2. The van der Waals surface area contributed by atoms with E-state index in [1.807, 2.05) is 54.3 Å². The number of nitrogens with one attached hydrogen (secondary N) is 1. The lowest BCUT2D eigenvalue weighted by molar-refractivity contribution is 0.142. The van der Waals surface area contributed by atoms with E-state index < -0.39 is 0 Å². The summed E-state index contributed by atoms with van der Waals surface area (Å²) in [6, 6.07) is 15.6. The molecule has 6 heteroatoms. The molecule has 1 aliphatic rings. The molecule has 0 unspecified atom stereocenters. The Labute approximate surface area is 170 Å². The van der Waals surface area contributed by atoms with E-state index in [2.05, 4.69) is 28.4 Å². The Hall–Kier alpha value is -3.15.